The van der Waals surface area contributed by atoms with E-state index in [-0.39, 0.29) is 18.0 Å². The summed E-state index contributed by atoms with van der Waals surface area (Å²) in [6.45, 7) is 6.95. The number of Topliss-reactive ketones (excluding diaryl/α,β-unsaturated/α-hetero) is 1. The maximum absolute atomic E-state index is 12.9. The number of ketones is 1. The second kappa shape index (κ2) is 7.92. The number of unbranched alkanes of at least 4 members (excludes halogenated alkanes) is 2. The van der Waals surface area contributed by atoms with Gasteiger partial charge in [-0.25, -0.2) is 0 Å². The van der Waals surface area contributed by atoms with Crippen LogP contribution in [-0.2, 0) is 9.59 Å². The Bertz CT molecular complexity index is 370. The highest BCUT2D eigenvalue weighted by Crippen LogP contribution is 2.26. The van der Waals surface area contributed by atoms with E-state index >= 15 is 0 Å². The van der Waals surface area contributed by atoms with Crippen molar-refractivity contribution in [1.82, 2.24) is 9.80 Å². The Hall–Kier alpha value is -0.900. The molecule has 0 radical (unpaired) electrons. The van der Waals surface area contributed by atoms with E-state index < -0.39 is 0 Å². The molecule has 2 saturated heterocycles. The topological polar surface area (TPSA) is 40.6 Å². The summed E-state index contributed by atoms with van der Waals surface area (Å²) in [6.07, 6.45) is 8.09. The van der Waals surface area contributed by atoms with E-state index in [0.717, 1.165) is 45.3 Å². The van der Waals surface area contributed by atoms with E-state index in [1.807, 2.05) is 11.8 Å². The van der Waals surface area contributed by atoms with Crippen molar-refractivity contribution in [3.63, 3.8) is 0 Å². The SMILES string of the molecule is CCCCCN1CCCC1C(=O)C1CCCN1C(=O)CC. The van der Waals surface area contributed by atoms with Crippen molar-refractivity contribution in [1.29, 1.82) is 0 Å². The van der Waals surface area contributed by atoms with Gasteiger partial charge in [0.1, 0.15) is 0 Å². The number of likely N-dealkylation sites (tertiary alicyclic amines) is 2. The summed E-state index contributed by atoms with van der Waals surface area (Å²) in [5.41, 5.74) is 0. The van der Waals surface area contributed by atoms with Crippen molar-refractivity contribution in [2.75, 3.05) is 19.6 Å². The third kappa shape index (κ3) is 3.85. The zero-order valence-electron chi connectivity index (χ0n) is 13.6. The van der Waals surface area contributed by atoms with Crippen LogP contribution in [0.1, 0.15) is 65.2 Å². The quantitative estimate of drug-likeness (QED) is 0.678. The predicted molar refractivity (Wildman–Crippen MR) is 84.2 cm³/mol. The fourth-order valence-corrected chi connectivity index (χ4v) is 3.77. The van der Waals surface area contributed by atoms with Gasteiger partial charge in [0, 0.05) is 13.0 Å². The molecular weight excluding hydrogens is 264 g/mol. The number of nitrogens with zero attached hydrogens (tertiary/aromatic N) is 2. The molecule has 1 amide bonds. The number of carbonyl (C=O) groups excluding carboxylic acids is 2. The van der Waals surface area contributed by atoms with Crippen molar-refractivity contribution in [3.05, 3.63) is 0 Å². The molecule has 0 aromatic rings. The van der Waals surface area contributed by atoms with Crippen LogP contribution < -0.4 is 0 Å². The number of hydrogen-bond acceptors (Lipinski definition) is 3. The molecular formula is C17H30N2O2. The van der Waals surface area contributed by atoms with Crippen molar-refractivity contribution >= 4 is 11.7 Å². The summed E-state index contributed by atoms with van der Waals surface area (Å²) >= 11 is 0. The zero-order chi connectivity index (χ0) is 15.2. The van der Waals surface area contributed by atoms with Crippen LogP contribution in [0.25, 0.3) is 0 Å². The molecule has 2 fully saturated rings. The Morgan fingerprint density at radius 2 is 1.71 bits per heavy atom. The third-order valence-corrected chi connectivity index (χ3v) is 4.94. The van der Waals surface area contributed by atoms with Crippen molar-refractivity contribution in [2.45, 2.75) is 77.3 Å². The monoisotopic (exact) mass is 294 g/mol. The Kier molecular flexibility index (Phi) is 6.22. The highest BCUT2D eigenvalue weighted by Gasteiger charge is 2.40. The van der Waals surface area contributed by atoms with Gasteiger partial charge in [-0.3, -0.25) is 14.5 Å². The standard InChI is InChI=1S/C17H30N2O2/c1-3-5-6-11-18-12-7-9-14(18)17(21)15-10-8-13-19(15)16(20)4-2/h14-15H,3-13H2,1-2H3. The van der Waals surface area contributed by atoms with Crippen LogP contribution in [-0.4, -0.2) is 53.2 Å². The average Bonchev–Trinajstić information content (AvgIpc) is 3.15. The first-order chi connectivity index (χ1) is 10.2. The van der Waals surface area contributed by atoms with Crippen LogP contribution in [0.15, 0.2) is 0 Å². The third-order valence-electron chi connectivity index (χ3n) is 4.94. The lowest BCUT2D eigenvalue weighted by Crippen LogP contribution is -2.48. The van der Waals surface area contributed by atoms with Gasteiger partial charge in [0.05, 0.1) is 12.1 Å². The van der Waals surface area contributed by atoms with Gasteiger partial charge in [0.25, 0.3) is 0 Å². The predicted octanol–water partition coefficient (Wildman–Crippen LogP) is 2.61. The van der Waals surface area contributed by atoms with Gasteiger partial charge in [-0.2, -0.15) is 0 Å². The first-order valence-electron chi connectivity index (χ1n) is 8.76. The highest BCUT2D eigenvalue weighted by atomic mass is 16.2. The van der Waals surface area contributed by atoms with Crippen LogP contribution in [0.5, 0.6) is 0 Å². The van der Waals surface area contributed by atoms with E-state index in [9.17, 15) is 9.59 Å². The van der Waals surface area contributed by atoms with Gasteiger partial charge in [0.2, 0.25) is 5.91 Å². The number of rotatable bonds is 7. The van der Waals surface area contributed by atoms with Gasteiger partial charge in [-0.15, -0.1) is 0 Å². The molecule has 2 unspecified atom stereocenters. The van der Waals surface area contributed by atoms with Crippen LogP contribution in [0.4, 0.5) is 0 Å². The Labute approximate surface area is 128 Å². The number of amides is 1. The van der Waals surface area contributed by atoms with Crippen molar-refractivity contribution in [3.8, 4) is 0 Å². The van der Waals surface area contributed by atoms with Crippen LogP contribution >= 0.6 is 0 Å². The van der Waals surface area contributed by atoms with Gasteiger partial charge in [0.15, 0.2) is 5.78 Å². The molecule has 0 saturated carbocycles. The van der Waals surface area contributed by atoms with E-state index in [1.165, 1.54) is 19.3 Å². The van der Waals surface area contributed by atoms with Crippen molar-refractivity contribution in [2.24, 2.45) is 0 Å². The molecule has 0 N–H and O–H groups in total. The van der Waals surface area contributed by atoms with E-state index in [4.69, 9.17) is 0 Å². The maximum atomic E-state index is 12.9. The lowest BCUT2D eigenvalue weighted by molar-refractivity contribution is -0.139. The van der Waals surface area contributed by atoms with Crippen LogP contribution in [0.2, 0.25) is 0 Å². The molecule has 2 aliphatic rings. The zero-order valence-corrected chi connectivity index (χ0v) is 13.6. The Morgan fingerprint density at radius 1 is 1.00 bits per heavy atom. The minimum absolute atomic E-state index is 0.0668. The lowest BCUT2D eigenvalue weighted by Gasteiger charge is -2.29. The summed E-state index contributed by atoms with van der Waals surface area (Å²) in [5.74, 6) is 0.449. The molecule has 2 rings (SSSR count). The van der Waals surface area contributed by atoms with E-state index in [1.54, 1.807) is 0 Å². The maximum Gasteiger partial charge on any atom is 0.222 e. The molecule has 0 aromatic carbocycles. The second-order valence-corrected chi connectivity index (χ2v) is 6.40. The first kappa shape index (κ1) is 16.5. The summed E-state index contributed by atoms with van der Waals surface area (Å²) in [6, 6.07) is -0.0775. The normalized spacial score (nSPS) is 26.5. The molecule has 2 aliphatic heterocycles. The molecule has 2 heterocycles. The largest absolute Gasteiger partial charge is 0.333 e. The second-order valence-electron chi connectivity index (χ2n) is 6.40. The molecule has 120 valence electrons. The van der Waals surface area contributed by atoms with E-state index in [0.29, 0.717) is 12.2 Å². The minimum atomic E-state index is -0.144. The van der Waals surface area contributed by atoms with Gasteiger partial charge in [-0.05, 0) is 45.2 Å². The molecule has 4 nitrogen and oxygen atoms in total. The first-order valence-corrected chi connectivity index (χ1v) is 8.76. The lowest BCUT2D eigenvalue weighted by atomic mass is 10.0. The van der Waals surface area contributed by atoms with Crippen LogP contribution in [0.3, 0.4) is 0 Å². The highest BCUT2D eigenvalue weighted by molar-refractivity contribution is 5.93. The molecule has 0 aliphatic carbocycles. The number of carbonyl (C=O) groups is 2. The van der Waals surface area contributed by atoms with Gasteiger partial charge < -0.3 is 4.90 Å². The van der Waals surface area contributed by atoms with E-state index in [2.05, 4.69) is 11.8 Å². The summed E-state index contributed by atoms with van der Waals surface area (Å²) in [7, 11) is 0. The fraction of sp³-hybridized carbons (Fsp3) is 0.882. The summed E-state index contributed by atoms with van der Waals surface area (Å²) in [4.78, 5) is 29.1. The minimum Gasteiger partial charge on any atom is -0.333 e. The molecule has 0 bridgehead atoms. The average molecular weight is 294 g/mol. The summed E-state index contributed by atoms with van der Waals surface area (Å²) in [5, 5.41) is 0. The molecule has 2 atom stereocenters. The molecule has 21 heavy (non-hydrogen) atoms. The molecule has 4 heteroatoms. The van der Waals surface area contributed by atoms with Gasteiger partial charge in [-0.1, -0.05) is 26.7 Å². The Morgan fingerprint density at radius 3 is 2.43 bits per heavy atom. The van der Waals surface area contributed by atoms with Crippen molar-refractivity contribution < 1.29 is 9.59 Å². The molecule has 0 spiro atoms. The Balaban J connectivity index is 1.95. The van der Waals surface area contributed by atoms with Crippen LogP contribution in [0, 0.1) is 0 Å². The smallest absolute Gasteiger partial charge is 0.222 e. The summed E-state index contributed by atoms with van der Waals surface area (Å²) < 4.78 is 0. The molecule has 0 aromatic heterocycles. The fourth-order valence-electron chi connectivity index (χ4n) is 3.77. The van der Waals surface area contributed by atoms with Gasteiger partial charge >= 0.3 is 0 Å². The number of hydrogen-bond donors (Lipinski definition) is 0.